The van der Waals surface area contributed by atoms with Gasteiger partial charge in [-0.05, 0) is 86.8 Å². The van der Waals surface area contributed by atoms with Crippen LogP contribution in [-0.2, 0) is 10.8 Å². The molecule has 0 spiro atoms. The van der Waals surface area contributed by atoms with Crippen LogP contribution in [-0.4, -0.2) is 9.97 Å². The second-order valence-electron chi connectivity index (χ2n) is 14.4. The Morgan fingerprint density at radius 2 is 1.37 bits per heavy atom. The van der Waals surface area contributed by atoms with E-state index < -0.39 is 0 Å². The van der Waals surface area contributed by atoms with Crippen LogP contribution in [0.5, 0.6) is 0 Å². The molecule has 0 N–H and O–H groups in total. The molecule has 1 aliphatic heterocycles. The fourth-order valence-electron chi connectivity index (χ4n) is 7.22. The number of hydrogen-bond acceptors (Lipinski definition) is 4. The van der Waals surface area contributed by atoms with Crippen molar-refractivity contribution in [2.24, 2.45) is 0 Å². The Bertz CT molecular complexity index is 2410. The third-order valence-electron chi connectivity index (χ3n) is 9.95. The van der Waals surface area contributed by atoms with E-state index in [2.05, 4.69) is 149 Å². The molecule has 3 heterocycles. The first kappa shape index (κ1) is 29.9. The Morgan fingerprint density at radius 3 is 2.12 bits per heavy atom. The van der Waals surface area contributed by atoms with Crippen LogP contribution in [0.25, 0.3) is 44.4 Å². The number of rotatable bonds is 4. The van der Waals surface area contributed by atoms with E-state index in [0.717, 1.165) is 66.5 Å². The highest BCUT2D eigenvalue weighted by Gasteiger charge is 2.37. The lowest BCUT2D eigenvalue weighted by molar-refractivity contribution is 0.590. The maximum atomic E-state index is 8.39. The zero-order chi connectivity index (χ0) is 34.8. The minimum absolute atomic E-state index is 0.0724. The van der Waals surface area contributed by atoms with E-state index in [9.17, 15) is 0 Å². The molecule has 2 aromatic heterocycles. The van der Waals surface area contributed by atoms with Gasteiger partial charge in [-0.1, -0.05) is 126 Å². The van der Waals surface area contributed by atoms with E-state index in [1.54, 1.807) is 12.3 Å². The Hall–Kier alpha value is -5.19. The number of benzene rings is 5. The fraction of sp³-hybridized carbons (Fsp3) is 0.156. The summed E-state index contributed by atoms with van der Waals surface area (Å²) in [5, 5.41) is 1.06. The number of para-hydroxylation sites is 1. The molecular formula is C45H39N3S. The third-order valence-corrected chi connectivity index (χ3v) is 10.4. The molecule has 0 unspecified atom stereocenters. The van der Waals surface area contributed by atoms with Gasteiger partial charge in [-0.2, -0.15) is 0 Å². The number of aromatic nitrogens is 2. The molecule has 0 saturated heterocycles. The van der Waals surface area contributed by atoms with E-state index in [1.807, 2.05) is 12.1 Å². The molecule has 3 nitrogen and oxygen atoms in total. The van der Waals surface area contributed by atoms with Gasteiger partial charge in [0.25, 0.3) is 0 Å². The van der Waals surface area contributed by atoms with Crippen molar-refractivity contribution in [2.45, 2.75) is 50.3 Å². The van der Waals surface area contributed by atoms with Crippen LogP contribution in [0.4, 0.5) is 17.2 Å². The van der Waals surface area contributed by atoms with Crippen LogP contribution in [0.1, 0.15) is 52.7 Å². The average molecular weight is 655 g/mol. The van der Waals surface area contributed by atoms with E-state index in [4.69, 9.17) is 24.0 Å². The van der Waals surface area contributed by atoms with Gasteiger partial charge in [0.1, 0.15) is 5.82 Å². The summed E-state index contributed by atoms with van der Waals surface area (Å²) in [6, 6.07) is 45.1. The number of anilines is 3. The van der Waals surface area contributed by atoms with Gasteiger partial charge in [-0.15, -0.1) is 12.6 Å². The largest absolute Gasteiger partial charge is 0.294 e. The van der Waals surface area contributed by atoms with Crippen molar-refractivity contribution in [1.82, 2.24) is 9.97 Å². The third kappa shape index (κ3) is 5.32. The minimum atomic E-state index is -0.239. The summed E-state index contributed by atoms with van der Waals surface area (Å²) in [5.41, 5.74) is 12.8. The summed E-state index contributed by atoms with van der Waals surface area (Å²) in [7, 11) is 0. The molecule has 7 aromatic rings. The molecule has 5 aromatic carbocycles. The first-order valence-electron chi connectivity index (χ1n) is 17.3. The Balaban J connectivity index is 1.33. The minimum Gasteiger partial charge on any atom is -0.294 e. The first-order valence-corrected chi connectivity index (χ1v) is 17.3. The predicted octanol–water partition coefficient (Wildman–Crippen LogP) is 12.3. The van der Waals surface area contributed by atoms with E-state index in [0.29, 0.717) is 6.04 Å². The molecule has 0 fully saturated rings. The lowest BCUT2D eigenvalue weighted by Gasteiger charge is -2.41. The van der Waals surface area contributed by atoms with Gasteiger partial charge >= 0.3 is 0 Å². The van der Waals surface area contributed by atoms with Crippen LogP contribution in [0.3, 0.4) is 0 Å². The van der Waals surface area contributed by atoms with Crippen LogP contribution >= 0.6 is 12.6 Å². The fourth-order valence-corrected chi connectivity index (χ4v) is 7.59. The topological polar surface area (TPSA) is 29.0 Å². The standard InChI is InChI=1S/C45H39N3S/c1-44(2,3)32-21-18-30(19-22-32)34-28-35(29-13-7-6-8-14-29)43(49)42-33(34)23-25-38(47-42)31-20-24-37-40(27-31)48(41-17-11-12-26-46-41)39-16-10-9-15-36(39)45(37,4)5/h6-28,49H,1-5H3/i11D. The van der Waals surface area contributed by atoms with Gasteiger partial charge in [-0.3, -0.25) is 4.90 Å². The Morgan fingerprint density at radius 1 is 0.673 bits per heavy atom. The highest BCUT2D eigenvalue weighted by molar-refractivity contribution is 7.80. The van der Waals surface area contributed by atoms with Crippen LogP contribution < -0.4 is 4.90 Å². The summed E-state index contributed by atoms with van der Waals surface area (Å²) in [6.07, 6.45) is 1.71. The zero-order valence-corrected chi connectivity index (χ0v) is 29.4. The summed E-state index contributed by atoms with van der Waals surface area (Å²) < 4.78 is 8.39. The van der Waals surface area contributed by atoms with Crippen molar-refractivity contribution in [3.8, 4) is 33.5 Å². The van der Waals surface area contributed by atoms with Gasteiger partial charge in [0, 0.05) is 27.5 Å². The molecule has 0 atom stereocenters. The lowest BCUT2D eigenvalue weighted by atomic mass is 9.73. The van der Waals surface area contributed by atoms with E-state index in [-0.39, 0.29) is 10.8 Å². The van der Waals surface area contributed by atoms with Crippen molar-refractivity contribution >= 4 is 40.7 Å². The molecule has 49 heavy (non-hydrogen) atoms. The molecule has 0 bridgehead atoms. The van der Waals surface area contributed by atoms with Crippen molar-refractivity contribution < 1.29 is 1.37 Å². The molecule has 0 amide bonds. The summed E-state index contributed by atoms with van der Waals surface area (Å²) in [4.78, 5) is 13.2. The molecule has 0 aliphatic carbocycles. The molecule has 0 saturated carbocycles. The molecule has 8 rings (SSSR count). The number of pyridine rings is 2. The molecule has 240 valence electrons. The summed E-state index contributed by atoms with van der Waals surface area (Å²) in [6.45, 7) is 11.3. The van der Waals surface area contributed by atoms with Crippen LogP contribution in [0.2, 0.25) is 0 Å². The second kappa shape index (κ2) is 11.7. The number of fused-ring (bicyclic) bond motifs is 3. The van der Waals surface area contributed by atoms with Crippen molar-refractivity contribution in [3.63, 3.8) is 0 Å². The number of nitrogens with zero attached hydrogens (tertiary/aromatic N) is 3. The predicted molar refractivity (Wildman–Crippen MR) is 209 cm³/mol. The maximum absolute atomic E-state index is 8.39. The van der Waals surface area contributed by atoms with Crippen LogP contribution in [0, 0.1) is 0 Å². The second-order valence-corrected chi connectivity index (χ2v) is 14.9. The molecular weight excluding hydrogens is 615 g/mol. The first-order chi connectivity index (χ1) is 24.0. The summed E-state index contributed by atoms with van der Waals surface area (Å²) >= 11 is 5.16. The monoisotopic (exact) mass is 654 g/mol. The zero-order valence-electron chi connectivity index (χ0n) is 29.5. The highest BCUT2D eigenvalue weighted by atomic mass is 32.1. The normalized spacial score (nSPS) is 13.9. The van der Waals surface area contributed by atoms with Crippen molar-refractivity contribution in [2.75, 3.05) is 4.90 Å². The average Bonchev–Trinajstić information content (AvgIpc) is 3.12. The molecule has 4 heteroatoms. The van der Waals surface area contributed by atoms with Crippen molar-refractivity contribution in [3.05, 3.63) is 156 Å². The summed E-state index contributed by atoms with van der Waals surface area (Å²) in [5.74, 6) is 0.720. The SMILES string of the molecule is [2H]c1ccnc(N2c3ccccc3C(C)(C)c3ccc(-c4ccc5c(-c6ccc(C(C)(C)C)cc6)cc(-c6ccccc6)c(S)c5n4)cc32)c1. The van der Waals surface area contributed by atoms with Crippen LogP contribution in [0.15, 0.2) is 145 Å². The Labute approximate surface area is 296 Å². The number of hydrogen-bond donors (Lipinski definition) is 1. The number of thiol groups is 1. The maximum Gasteiger partial charge on any atom is 0.137 e. The van der Waals surface area contributed by atoms with Gasteiger partial charge < -0.3 is 0 Å². The molecule has 1 aliphatic rings. The van der Waals surface area contributed by atoms with Gasteiger partial charge in [0.15, 0.2) is 0 Å². The van der Waals surface area contributed by atoms with E-state index >= 15 is 0 Å². The molecule has 0 radical (unpaired) electrons. The highest BCUT2D eigenvalue weighted by Crippen LogP contribution is 2.52. The van der Waals surface area contributed by atoms with E-state index in [1.165, 1.54) is 16.7 Å². The van der Waals surface area contributed by atoms with Gasteiger partial charge in [0.05, 0.1) is 24.0 Å². The smallest absolute Gasteiger partial charge is 0.137 e. The van der Waals surface area contributed by atoms with Gasteiger partial charge in [0.2, 0.25) is 0 Å². The van der Waals surface area contributed by atoms with Crippen molar-refractivity contribution in [1.29, 1.82) is 0 Å². The quantitative estimate of drug-likeness (QED) is 0.192. The van der Waals surface area contributed by atoms with Gasteiger partial charge in [-0.25, -0.2) is 9.97 Å². The lowest BCUT2D eigenvalue weighted by Crippen LogP contribution is -2.30. The Kier molecular flexibility index (Phi) is 7.17.